The molecule has 2 aromatic rings. The highest BCUT2D eigenvalue weighted by Gasteiger charge is 2.32. The van der Waals surface area contributed by atoms with Crippen molar-refractivity contribution in [3.63, 3.8) is 0 Å². The summed E-state index contributed by atoms with van der Waals surface area (Å²) in [6.07, 6.45) is 2.27. The van der Waals surface area contributed by atoms with Gasteiger partial charge in [0.05, 0.1) is 20.7 Å². The van der Waals surface area contributed by atoms with E-state index in [0.717, 1.165) is 24.4 Å². The van der Waals surface area contributed by atoms with Gasteiger partial charge in [0.15, 0.2) is 0 Å². The Morgan fingerprint density at radius 1 is 1.16 bits per heavy atom. The van der Waals surface area contributed by atoms with Crippen molar-refractivity contribution in [2.24, 2.45) is 0 Å². The number of methoxy groups -OCH3 is 1. The number of nitrogens with one attached hydrogen (secondary N) is 2. The Morgan fingerprint density at radius 3 is 2.52 bits per heavy atom. The number of hydrogen-bond donors (Lipinski definition) is 2. The molecule has 0 radical (unpaired) electrons. The summed E-state index contributed by atoms with van der Waals surface area (Å²) in [6, 6.07) is 8.50. The molecule has 3 rings (SSSR count). The number of piperazine rings is 1. The van der Waals surface area contributed by atoms with Gasteiger partial charge in [0.1, 0.15) is 38.0 Å². The fourth-order valence-corrected chi connectivity index (χ4v) is 3.63. The van der Waals surface area contributed by atoms with Gasteiger partial charge in [0, 0.05) is 6.42 Å². The molecule has 7 nitrogen and oxygen atoms in total. The molecular formula is C18H30N6O+2. The number of ether oxygens (including phenoxy) is 1. The summed E-state index contributed by atoms with van der Waals surface area (Å²) in [5.74, 6) is 1.89. The Labute approximate surface area is 149 Å². The lowest BCUT2D eigenvalue weighted by Gasteiger charge is -2.32. The molecule has 0 aliphatic carbocycles. The molecule has 0 spiro atoms. The minimum Gasteiger partial charge on any atom is -0.497 e. The van der Waals surface area contributed by atoms with Gasteiger partial charge in [-0.05, 0) is 28.1 Å². The first kappa shape index (κ1) is 17.8. The van der Waals surface area contributed by atoms with Crippen molar-refractivity contribution < 1.29 is 14.5 Å². The second kappa shape index (κ2) is 8.40. The summed E-state index contributed by atoms with van der Waals surface area (Å²) in [4.78, 5) is 3.25. The molecule has 7 heteroatoms. The molecule has 1 atom stereocenters. The standard InChI is InChI=1S/C18H28N6O/c1-4-5-17(23-12-10-22(2)11-13-23)18-19-20-21-24(18)14-15-6-8-16(25-3)9-7-15/h6-9,17H,4-5,10-14H2,1-3H3/p+2/t17-/m1/s1. The molecule has 2 heterocycles. The average molecular weight is 346 g/mol. The van der Waals surface area contributed by atoms with Crippen molar-refractivity contribution in [1.82, 2.24) is 20.2 Å². The predicted molar refractivity (Wildman–Crippen MR) is 94.9 cm³/mol. The molecule has 1 fully saturated rings. The van der Waals surface area contributed by atoms with Crippen molar-refractivity contribution in [2.75, 3.05) is 40.3 Å². The number of benzene rings is 1. The number of nitrogens with zero attached hydrogens (tertiary/aromatic N) is 4. The first-order valence-electron chi connectivity index (χ1n) is 9.26. The molecule has 1 aliphatic rings. The summed E-state index contributed by atoms with van der Waals surface area (Å²) < 4.78 is 7.21. The molecule has 1 saturated heterocycles. The van der Waals surface area contributed by atoms with Crippen LogP contribution < -0.4 is 14.5 Å². The quantitative estimate of drug-likeness (QED) is 0.674. The molecule has 0 saturated carbocycles. The second-order valence-electron chi connectivity index (χ2n) is 7.00. The maximum Gasteiger partial charge on any atom is 0.209 e. The predicted octanol–water partition coefficient (Wildman–Crippen LogP) is -1.02. The van der Waals surface area contributed by atoms with Crippen LogP contribution in [0.25, 0.3) is 0 Å². The van der Waals surface area contributed by atoms with Crippen LogP contribution in [0.3, 0.4) is 0 Å². The topological polar surface area (TPSA) is 61.7 Å². The molecule has 25 heavy (non-hydrogen) atoms. The average Bonchev–Trinajstić information content (AvgIpc) is 3.09. The first-order chi connectivity index (χ1) is 12.2. The number of hydrogen-bond acceptors (Lipinski definition) is 4. The van der Waals surface area contributed by atoms with E-state index in [1.807, 2.05) is 16.8 Å². The molecule has 0 unspecified atom stereocenters. The van der Waals surface area contributed by atoms with Crippen molar-refractivity contribution in [3.8, 4) is 5.75 Å². The lowest BCUT2D eigenvalue weighted by molar-refractivity contribution is -1.02. The van der Waals surface area contributed by atoms with Gasteiger partial charge < -0.3 is 14.5 Å². The number of tetrazole rings is 1. The number of quaternary nitrogens is 2. The number of aromatic nitrogens is 4. The van der Waals surface area contributed by atoms with Crippen molar-refractivity contribution in [2.45, 2.75) is 32.4 Å². The normalized spacial score (nSPS) is 21.9. The zero-order chi connectivity index (χ0) is 17.6. The molecule has 1 aromatic heterocycles. The molecule has 1 aliphatic heterocycles. The van der Waals surface area contributed by atoms with Crippen LogP contribution in [0.15, 0.2) is 24.3 Å². The third-order valence-corrected chi connectivity index (χ3v) is 5.18. The summed E-state index contributed by atoms with van der Waals surface area (Å²) in [5, 5.41) is 12.7. The van der Waals surface area contributed by atoms with Crippen LogP contribution in [0.5, 0.6) is 5.75 Å². The van der Waals surface area contributed by atoms with E-state index >= 15 is 0 Å². The monoisotopic (exact) mass is 346 g/mol. The highest BCUT2D eigenvalue weighted by atomic mass is 16.5. The Hall–Kier alpha value is -1.99. The van der Waals surface area contributed by atoms with E-state index in [4.69, 9.17) is 4.74 Å². The van der Waals surface area contributed by atoms with E-state index in [2.05, 4.69) is 41.6 Å². The van der Waals surface area contributed by atoms with E-state index in [9.17, 15) is 0 Å². The Bertz CT molecular complexity index is 648. The van der Waals surface area contributed by atoms with Gasteiger partial charge in [-0.15, -0.1) is 5.10 Å². The lowest BCUT2D eigenvalue weighted by atomic mass is 10.1. The van der Waals surface area contributed by atoms with Gasteiger partial charge in [-0.25, -0.2) is 4.68 Å². The van der Waals surface area contributed by atoms with Crippen molar-refractivity contribution in [3.05, 3.63) is 35.7 Å². The van der Waals surface area contributed by atoms with Gasteiger partial charge in [0.2, 0.25) is 5.82 Å². The molecule has 1 aromatic carbocycles. The van der Waals surface area contributed by atoms with Crippen LogP contribution in [-0.4, -0.2) is 60.5 Å². The van der Waals surface area contributed by atoms with Gasteiger partial charge >= 0.3 is 0 Å². The minimum absolute atomic E-state index is 0.381. The van der Waals surface area contributed by atoms with E-state index in [1.54, 1.807) is 16.9 Å². The SMILES string of the molecule is CCC[C@H](c1nnnn1Cc1ccc(OC)cc1)[NH+]1CC[NH+](C)CC1. The Kier molecular flexibility index (Phi) is 5.99. The fraction of sp³-hybridized carbons (Fsp3) is 0.611. The van der Waals surface area contributed by atoms with Crippen molar-refractivity contribution >= 4 is 0 Å². The summed E-state index contributed by atoms with van der Waals surface area (Å²) in [7, 11) is 3.96. The molecular weight excluding hydrogens is 316 g/mol. The number of rotatable bonds is 7. The van der Waals surface area contributed by atoms with Crippen LogP contribution in [0, 0.1) is 0 Å². The van der Waals surface area contributed by atoms with Gasteiger partial charge in [-0.2, -0.15) is 0 Å². The first-order valence-corrected chi connectivity index (χ1v) is 9.26. The van der Waals surface area contributed by atoms with Gasteiger partial charge in [-0.3, -0.25) is 0 Å². The highest BCUT2D eigenvalue weighted by Crippen LogP contribution is 2.16. The van der Waals surface area contributed by atoms with Gasteiger partial charge in [0.25, 0.3) is 0 Å². The van der Waals surface area contributed by atoms with Crippen LogP contribution in [-0.2, 0) is 6.54 Å². The van der Waals surface area contributed by atoms with Crippen LogP contribution in [0.1, 0.15) is 37.2 Å². The highest BCUT2D eigenvalue weighted by molar-refractivity contribution is 5.27. The van der Waals surface area contributed by atoms with E-state index < -0.39 is 0 Å². The third kappa shape index (κ3) is 4.35. The van der Waals surface area contributed by atoms with Gasteiger partial charge in [-0.1, -0.05) is 25.5 Å². The van der Waals surface area contributed by atoms with Crippen LogP contribution in [0.2, 0.25) is 0 Å². The van der Waals surface area contributed by atoms with Crippen LogP contribution >= 0.6 is 0 Å². The lowest BCUT2D eigenvalue weighted by Crippen LogP contribution is -3.27. The Morgan fingerprint density at radius 2 is 1.88 bits per heavy atom. The van der Waals surface area contributed by atoms with E-state index in [0.29, 0.717) is 12.6 Å². The second-order valence-corrected chi connectivity index (χ2v) is 7.00. The maximum absolute atomic E-state index is 5.23. The van der Waals surface area contributed by atoms with E-state index in [-0.39, 0.29) is 0 Å². The zero-order valence-electron chi connectivity index (χ0n) is 15.5. The molecule has 136 valence electrons. The summed E-state index contributed by atoms with van der Waals surface area (Å²) >= 11 is 0. The van der Waals surface area contributed by atoms with Crippen LogP contribution in [0.4, 0.5) is 0 Å². The summed E-state index contributed by atoms with van der Waals surface area (Å²) in [6.45, 7) is 7.75. The molecule has 2 N–H and O–H groups in total. The molecule has 0 bridgehead atoms. The zero-order valence-corrected chi connectivity index (χ0v) is 15.5. The Balaban J connectivity index is 1.77. The fourth-order valence-electron chi connectivity index (χ4n) is 3.63. The summed E-state index contributed by atoms with van der Waals surface area (Å²) in [5.41, 5.74) is 1.18. The van der Waals surface area contributed by atoms with Crippen molar-refractivity contribution in [1.29, 1.82) is 0 Å². The smallest absolute Gasteiger partial charge is 0.209 e. The number of likely N-dealkylation sites (N-methyl/N-ethyl adjacent to an activating group) is 1. The minimum atomic E-state index is 0.381. The molecule has 0 amide bonds. The van der Waals surface area contributed by atoms with E-state index in [1.165, 1.54) is 31.7 Å². The largest absolute Gasteiger partial charge is 0.497 e. The maximum atomic E-state index is 5.23. The third-order valence-electron chi connectivity index (χ3n) is 5.18.